The minimum Gasteiger partial charge on any atom is -0.466 e. The van der Waals surface area contributed by atoms with Crippen LogP contribution in [0.2, 0.25) is 5.02 Å². The van der Waals surface area contributed by atoms with Gasteiger partial charge in [-0.3, -0.25) is 0 Å². The number of benzene rings is 1. The van der Waals surface area contributed by atoms with E-state index < -0.39 is 0 Å². The molecule has 4 heteroatoms. The summed E-state index contributed by atoms with van der Waals surface area (Å²) in [6, 6.07) is 5.73. The van der Waals surface area contributed by atoms with Gasteiger partial charge in [-0.1, -0.05) is 11.6 Å². The van der Waals surface area contributed by atoms with E-state index in [1.165, 1.54) is 0 Å². The summed E-state index contributed by atoms with van der Waals surface area (Å²) >= 11 is 5.99. The number of hydrogen-bond donors (Lipinski definition) is 0. The van der Waals surface area contributed by atoms with E-state index >= 15 is 0 Å². The molecule has 1 aromatic rings. The van der Waals surface area contributed by atoms with E-state index in [1.54, 1.807) is 6.07 Å². The first-order valence-corrected chi connectivity index (χ1v) is 4.58. The summed E-state index contributed by atoms with van der Waals surface area (Å²) in [5.41, 5.74) is 1.80. The molecule has 0 aromatic heterocycles. The van der Waals surface area contributed by atoms with Crippen molar-refractivity contribution in [2.24, 2.45) is 0 Å². The average molecular weight is 210 g/mol. The van der Waals surface area contributed by atoms with Crippen molar-refractivity contribution < 1.29 is 9.47 Å². The molecular weight excluding hydrogens is 202 g/mol. The highest BCUT2D eigenvalue weighted by atomic mass is 35.5. The lowest BCUT2D eigenvalue weighted by Crippen LogP contribution is -2.12. The largest absolute Gasteiger partial charge is 0.466 e. The minimum absolute atomic E-state index is 0.240. The van der Waals surface area contributed by atoms with Gasteiger partial charge in [-0.25, -0.2) is 0 Å². The topological polar surface area (TPSA) is 42.2 Å². The van der Waals surface area contributed by atoms with E-state index in [4.69, 9.17) is 26.3 Å². The number of rotatable bonds is 1. The Morgan fingerprint density at radius 1 is 1.50 bits per heavy atom. The summed E-state index contributed by atoms with van der Waals surface area (Å²) < 4.78 is 10.4. The van der Waals surface area contributed by atoms with Crippen molar-refractivity contribution in [1.82, 2.24) is 0 Å². The molecule has 0 radical (unpaired) electrons. The molecule has 1 aliphatic heterocycles. The van der Waals surface area contributed by atoms with Crippen LogP contribution in [0, 0.1) is 11.3 Å². The molecule has 0 saturated carbocycles. The van der Waals surface area contributed by atoms with E-state index in [1.807, 2.05) is 6.07 Å². The Labute approximate surface area is 86.8 Å². The summed E-state index contributed by atoms with van der Waals surface area (Å²) in [5, 5.41) is 9.11. The second-order valence-electron chi connectivity index (χ2n) is 3.01. The third kappa shape index (κ3) is 1.67. The number of halogens is 1. The minimum atomic E-state index is 0.240. The summed E-state index contributed by atoms with van der Waals surface area (Å²) in [6.07, 6.45) is 0.354. The fourth-order valence-electron chi connectivity index (χ4n) is 1.43. The highest BCUT2D eigenvalue weighted by molar-refractivity contribution is 6.32. The van der Waals surface area contributed by atoms with Gasteiger partial charge in [0, 0.05) is 5.56 Å². The number of fused-ring (bicyclic) bond motifs is 1. The molecule has 72 valence electrons. The Hall–Kier alpha value is -1.24. The number of nitriles is 1. The molecule has 0 N–H and O–H groups in total. The number of ether oxygens (including phenoxy) is 2. The SMILES string of the molecule is N#CCc1cc(Cl)c2c(c1)COCO2. The molecule has 0 amide bonds. The second-order valence-corrected chi connectivity index (χ2v) is 3.42. The lowest BCUT2D eigenvalue weighted by Gasteiger charge is -2.19. The molecule has 3 nitrogen and oxygen atoms in total. The molecule has 0 spiro atoms. The normalized spacial score (nSPS) is 14.0. The van der Waals surface area contributed by atoms with E-state index in [9.17, 15) is 0 Å². The fraction of sp³-hybridized carbons (Fsp3) is 0.300. The summed E-state index contributed by atoms with van der Waals surface area (Å²) in [5.74, 6) is 0.680. The monoisotopic (exact) mass is 209 g/mol. The van der Waals surface area contributed by atoms with Gasteiger partial charge < -0.3 is 9.47 Å². The van der Waals surface area contributed by atoms with Gasteiger partial charge in [0.1, 0.15) is 5.75 Å². The second kappa shape index (κ2) is 3.87. The van der Waals surface area contributed by atoms with Crippen molar-refractivity contribution in [3.8, 4) is 11.8 Å². The van der Waals surface area contributed by atoms with Crippen LogP contribution in [-0.2, 0) is 17.8 Å². The Balaban J connectivity index is 2.42. The molecule has 1 aliphatic rings. The third-order valence-electron chi connectivity index (χ3n) is 2.01. The van der Waals surface area contributed by atoms with Crippen molar-refractivity contribution in [3.63, 3.8) is 0 Å². The van der Waals surface area contributed by atoms with E-state index in [0.717, 1.165) is 11.1 Å². The van der Waals surface area contributed by atoms with Gasteiger partial charge >= 0.3 is 0 Å². The van der Waals surface area contributed by atoms with Gasteiger partial charge in [0.05, 0.1) is 24.1 Å². The maximum Gasteiger partial charge on any atom is 0.189 e. The summed E-state index contributed by atoms with van der Waals surface area (Å²) in [7, 11) is 0. The zero-order chi connectivity index (χ0) is 9.97. The molecule has 0 aliphatic carbocycles. The first kappa shape index (κ1) is 9.32. The maximum absolute atomic E-state index is 8.56. The third-order valence-corrected chi connectivity index (χ3v) is 2.29. The number of hydrogen-bond acceptors (Lipinski definition) is 3. The van der Waals surface area contributed by atoms with Crippen molar-refractivity contribution in [1.29, 1.82) is 5.26 Å². The Bertz CT molecular complexity index is 398. The average Bonchev–Trinajstić information content (AvgIpc) is 2.18. The van der Waals surface area contributed by atoms with E-state index in [2.05, 4.69) is 6.07 Å². The van der Waals surface area contributed by atoms with Crippen LogP contribution >= 0.6 is 11.6 Å². The lowest BCUT2D eigenvalue weighted by atomic mass is 10.1. The van der Waals surface area contributed by atoms with E-state index in [-0.39, 0.29) is 6.79 Å². The van der Waals surface area contributed by atoms with Gasteiger partial charge in [0.15, 0.2) is 6.79 Å². The number of nitrogens with zero attached hydrogens (tertiary/aromatic N) is 1. The highest BCUT2D eigenvalue weighted by Gasteiger charge is 2.15. The van der Waals surface area contributed by atoms with Crippen LogP contribution in [0.25, 0.3) is 0 Å². The van der Waals surface area contributed by atoms with Crippen LogP contribution < -0.4 is 4.74 Å². The molecule has 0 bridgehead atoms. The zero-order valence-corrected chi connectivity index (χ0v) is 8.17. The van der Waals surface area contributed by atoms with Gasteiger partial charge in [0.25, 0.3) is 0 Å². The first-order chi connectivity index (χ1) is 6.81. The lowest BCUT2D eigenvalue weighted by molar-refractivity contribution is -0.0163. The van der Waals surface area contributed by atoms with Crippen LogP contribution in [0.1, 0.15) is 11.1 Å². The van der Waals surface area contributed by atoms with Gasteiger partial charge in [-0.05, 0) is 17.7 Å². The van der Waals surface area contributed by atoms with Crippen molar-refractivity contribution in [3.05, 3.63) is 28.3 Å². The predicted molar refractivity (Wildman–Crippen MR) is 51.1 cm³/mol. The summed E-state index contributed by atoms with van der Waals surface area (Å²) in [4.78, 5) is 0. The van der Waals surface area contributed by atoms with Crippen LogP contribution in [0.15, 0.2) is 12.1 Å². The van der Waals surface area contributed by atoms with Crippen LogP contribution in [-0.4, -0.2) is 6.79 Å². The van der Waals surface area contributed by atoms with Crippen molar-refractivity contribution in [2.45, 2.75) is 13.0 Å². The van der Waals surface area contributed by atoms with Crippen molar-refractivity contribution in [2.75, 3.05) is 6.79 Å². The smallest absolute Gasteiger partial charge is 0.189 e. The van der Waals surface area contributed by atoms with E-state index in [0.29, 0.717) is 23.8 Å². The van der Waals surface area contributed by atoms with Crippen molar-refractivity contribution >= 4 is 11.6 Å². The molecule has 0 fully saturated rings. The highest BCUT2D eigenvalue weighted by Crippen LogP contribution is 2.33. The molecule has 0 saturated heterocycles. The quantitative estimate of drug-likeness (QED) is 0.713. The molecular formula is C10H8ClNO2. The Morgan fingerprint density at radius 2 is 2.36 bits per heavy atom. The molecule has 0 unspecified atom stereocenters. The van der Waals surface area contributed by atoms with Crippen LogP contribution in [0.3, 0.4) is 0 Å². The molecule has 14 heavy (non-hydrogen) atoms. The zero-order valence-electron chi connectivity index (χ0n) is 7.42. The first-order valence-electron chi connectivity index (χ1n) is 4.20. The van der Waals surface area contributed by atoms with Gasteiger partial charge in [-0.2, -0.15) is 5.26 Å². The van der Waals surface area contributed by atoms with Crippen LogP contribution in [0.5, 0.6) is 5.75 Å². The fourth-order valence-corrected chi connectivity index (χ4v) is 1.74. The van der Waals surface area contributed by atoms with Gasteiger partial charge in [0.2, 0.25) is 0 Å². The molecule has 1 aromatic carbocycles. The molecule has 0 atom stereocenters. The molecule has 1 heterocycles. The standard InChI is InChI=1S/C10H8ClNO2/c11-9-4-7(1-2-12)3-8-5-13-6-14-10(8)9/h3-4H,1,5-6H2. The van der Waals surface area contributed by atoms with Gasteiger partial charge in [-0.15, -0.1) is 0 Å². The summed E-state index contributed by atoms with van der Waals surface area (Å²) in [6.45, 7) is 0.735. The Morgan fingerprint density at radius 3 is 3.14 bits per heavy atom. The maximum atomic E-state index is 8.56. The predicted octanol–water partition coefficient (Wildman–Crippen LogP) is 2.27. The Kier molecular flexibility index (Phi) is 2.58. The van der Waals surface area contributed by atoms with Crippen LogP contribution in [0.4, 0.5) is 0 Å². The molecule has 2 rings (SSSR count).